The molecule has 3 aromatic rings. The number of methoxy groups -OCH3 is 1. The van der Waals surface area contributed by atoms with Gasteiger partial charge in [0, 0.05) is 10.0 Å². The van der Waals surface area contributed by atoms with Crippen LogP contribution in [0.4, 0.5) is 0 Å². The summed E-state index contributed by atoms with van der Waals surface area (Å²) in [6.07, 6.45) is 0. The number of hydrogen-bond acceptors (Lipinski definition) is 5. The first-order valence-corrected chi connectivity index (χ1v) is 7.39. The number of aromatic nitrogens is 2. The molecule has 3 rings (SSSR count). The van der Waals surface area contributed by atoms with Crippen LogP contribution < -0.4 is 9.47 Å². The number of hydrogen-bond donors (Lipinski definition) is 0. The summed E-state index contributed by atoms with van der Waals surface area (Å²) < 4.78 is 16.9. The van der Waals surface area contributed by atoms with Gasteiger partial charge in [0.1, 0.15) is 11.5 Å². The Kier molecular flexibility index (Phi) is 4.39. The first-order valence-electron chi connectivity index (χ1n) is 6.60. The number of halogens is 1. The van der Waals surface area contributed by atoms with Crippen molar-refractivity contribution in [1.29, 1.82) is 0 Å². The molecule has 0 unspecified atom stereocenters. The Balaban J connectivity index is 1.65. The lowest BCUT2D eigenvalue weighted by atomic mass is 10.2. The molecule has 0 spiro atoms. The van der Waals surface area contributed by atoms with Crippen LogP contribution in [-0.4, -0.2) is 17.3 Å². The van der Waals surface area contributed by atoms with E-state index in [9.17, 15) is 0 Å². The van der Waals surface area contributed by atoms with Crippen LogP contribution in [0.15, 0.2) is 57.5 Å². The highest BCUT2D eigenvalue weighted by Gasteiger charge is 2.09. The largest absolute Gasteiger partial charge is 0.497 e. The topological polar surface area (TPSA) is 57.4 Å². The van der Waals surface area contributed by atoms with Gasteiger partial charge in [-0.15, -0.1) is 0 Å². The Bertz CT molecular complexity index is 739. The maximum atomic E-state index is 5.60. The average Bonchev–Trinajstić information content (AvgIpc) is 3.03. The Morgan fingerprint density at radius 1 is 1.00 bits per heavy atom. The van der Waals surface area contributed by atoms with E-state index in [0.717, 1.165) is 15.8 Å². The summed E-state index contributed by atoms with van der Waals surface area (Å²) >= 11 is 3.39. The second-order valence-corrected chi connectivity index (χ2v) is 5.40. The molecule has 0 saturated carbocycles. The highest BCUT2D eigenvalue weighted by atomic mass is 79.9. The van der Waals surface area contributed by atoms with E-state index in [-0.39, 0.29) is 6.61 Å². The van der Waals surface area contributed by atoms with Crippen LogP contribution in [0.3, 0.4) is 0 Å². The van der Waals surface area contributed by atoms with E-state index in [1.165, 1.54) is 0 Å². The Morgan fingerprint density at radius 3 is 2.36 bits per heavy atom. The number of benzene rings is 2. The molecule has 0 aliphatic carbocycles. The third kappa shape index (κ3) is 3.46. The van der Waals surface area contributed by atoms with Gasteiger partial charge in [-0.2, -0.15) is 4.98 Å². The zero-order chi connectivity index (χ0) is 15.4. The van der Waals surface area contributed by atoms with Crippen molar-refractivity contribution in [3.8, 4) is 22.9 Å². The van der Waals surface area contributed by atoms with Gasteiger partial charge in [0.2, 0.25) is 5.82 Å². The van der Waals surface area contributed by atoms with Crippen LogP contribution in [-0.2, 0) is 6.61 Å². The van der Waals surface area contributed by atoms with Gasteiger partial charge in [0.25, 0.3) is 5.89 Å². The molecule has 0 radical (unpaired) electrons. The van der Waals surface area contributed by atoms with Crippen LogP contribution >= 0.6 is 15.9 Å². The van der Waals surface area contributed by atoms with Crippen molar-refractivity contribution >= 4 is 15.9 Å². The Morgan fingerprint density at radius 2 is 1.68 bits per heavy atom. The van der Waals surface area contributed by atoms with Crippen LogP contribution in [0, 0.1) is 0 Å². The van der Waals surface area contributed by atoms with Crippen molar-refractivity contribution in [1.82, 2.24) is 10.1 Å². The lowest BCUT2D eigenvalue weighted by molar-refractivity contribution is 0.242. The van der Waals surface area contributed by atoms with Gasteiger partial charge in [-0.25, -0.2) is 0 Å². The first-order chi connectivity index (χ1) is 10.7. The van der Waals surface area contributed by atoms with Gasteiger partial charge >= 0.3 is 0 Å². The van der Waals surface area contributed by atoms with E-state index in [1.54, 1.807) is 7.11 Å². The van der Waals surface area contributed by atoms with Crippen molar-refractivity contribution in [3.63, 3.8) is 0 Å². The lowest BCUT2D eigenvalue weighted by Crippen LogP contribution is -1.95. The molecule has 0 aliphatic rings. The van der Waals surface area contributed by atoms with Gasteiger partial charge < -0.3 is 14.0 Å². The minimum absolute atomic E-state index is 0.218. The lowest BCUT2D eigenvalue weighted by Gasteiger charge is -2.04. The van der Waals surface area contributed by atoms with E-state index in [0.29, 0.717) is 17.5 Å². The van der Waals surface area contributed by atoms with Crippen LogP contribution in [0.5, 0.6) is 11.5 Å². The van der Waals surface area contributed by atoms with Crippen molar-refractivity contribution in [2.24, 2.45) is 0 Å². The van der Waals surface area contributed by atoms with Gasteiger partial charge in [0.15, 0.2) is 6.61 Å². The molecule has 1 heterocycles. The zero-order valence-corrected chi connectivity index (χ0v) is 13.4. The fraction of sp³-hybridized carbons (Fsp3) is 0.125. The molecule has 5 nitrogen and oxygen atoms in total. The van der Waals surface area contributed by atoms with Crippen molar-refractivity contribution in [2.45, 2.75) is 6.61 Å². The monoisotopic (exact) mass is 360 g/mol. The van der Waals surface area contributed by atoms with Crippen molar-refractivity contribution in [3.05, 3.63) is 58.9 Å². The quantitative estimate of drug-likeness (QED) is 0.685. The Hall–Kier alpha value is -2.34. The summed E-state index contributed by atoms with van der Waals surface area (Å²) in [6.45, 7) is 0.218. The zero-order valence-electron chi connectivity index (χ0n) is 11.8. The summed E-state index contributed by atoms with van der Waals surface area (Å²) in [7, 11) is 1.62. The number of ether oxygens (including phenoxy) is 2. The molecule has 0 bridgehead atoms. The van der Waals surface area contributed by atoms with Crippen LogP contribution in [0.25, 0.3) is 11.4 Å². The smallest absolute Gasteiger partial charge is 0.264 e. The normalized spacial score (nSPS) is 10.5. The highest BCUT2D eigenvalue weighted by Crippen LogP contribution is 2.20. The molecule has 0 saturated heterocycles. The van der Waals surface area contributed by atoms with E-state index in [4.69, 9.17) is 14.0 Å². The fourth-order valence-electron chi connectivity index (χ4n) is 1.85. The van der Waals surface area contributed by atoms with Gasteiger partial charge in [0.05, 0.1) is 7.11 Å². The van der Waals surface area contributed by atoms with E-state index >= 15 is 0 Å². The van der Waals surface area contributed by atoms with Gasteiger partial charge in [-0.1, -0.05) is 21.1 Å². The predicted molar refractivity (Wildman–Crippen MR) is 84.8 cm³/mol. The first kappa shape index (κ1) is 14.6. The predicted octanol–water partition coefficient (Wildman–Crippen LogP) is 4.09. The average molecular weight is 361 g/mol. The second-order valence-electron chi connectivity index (χ2n) is 4.48. The minimum Gasteiger partial charge on any atom is -0.497 e. The van der Waals surface area contributed by atoms with Crippen LogP contribution in [0.1, 0.15) is 5.89 Å². The van der Waals surface area contributed by atoms with E-state index < -0.39 is 0 Å². The summed E-state index contributed by atoms with van der Waals surface area (Å²) in [5, 5.41) is 3.95. The Labute approximate surface area is 136 Å². The standard InChI is InChI=1S/C16H13BrN2O3/c1-20-13-6-8-14(9-7-13)21-10-15-18-16(19-22-15)11-2-4-12(17)5-3-11/h2-9H,10H2,1H3. The molecule has 0 N–H and O–H groups in total. The molecule has 0 atom stereocenters. The molecule has 1 aromatic heterocycles. The van der Waals surface area contributed by atoms with Crippen LogP contribution in [0.2, 0.25) is 0 Å². The van der Waals surface area contributed by atoms with Crippen molar-refractivity contribution in [2.75, 3.05) is 7.11 Å². The molecule has 6 heteroatoms. The molecule has 22 heavy (non-hydrogen) atoms. The fourth-order valence-corrected chi connectivity index (χ4v) is 2.11. The summed E-state index contributed by atoms with van der Waals surface area (Å²) in [4.78, 5) is 4.32. The van der Waals surface area contributed by atoms with Gasteiger partial charge in [-0.05, 0) is 48.5 Å². The molecule has 2 aromatic carbocycles. The van der Waals surface area contributed by atoms with E-state index in [1.807, 2.05) is 48.5 Å². The highest BCUT2D eigenvalue weighted by molar-refractivity contribution is 9.10. The van der Waals surface area contributed by atoms with Crippen molar-refractivity contribution < 1.29 is 14.0 Å². The number of rotatable bonds is 5. The summed E-state index contributed by atoms with van der Waals surface area (Å²) in [6, 6.07) is 15.0. The molecule has 0 amide bonds. The minimum atomic E-state index is 0.218. The molecular formula is C16H13BrN2O3. The molecule has 0 aliphatic heterocycles. The molecule has 0 fully saturated rings. The molecular weight excluding hydrogens is 348 g/mol. The summed E-state index contributed by atoms with van der Waals surface area (Å²) in [5.41, 5.74) is 0.891. The SMILES string of the molecule is COc1ccc(OCc2nc(-c3ccc(Br)cc3)no2)cc1. The van der Waals surface area contributed by atoms with E-state index in [2.05, 4.69) is 26.1 Å². The van der Waals surface area contributed by atoms with Gasteiger partial charge in [-0.3, -0.25) is 0 Å². The maximum absolute atomic E-state index is 5.60. The summed E-state index contributed by atoms with van der Waals surface area (Å²) in [5.74, 6) is 2.46. The third-order valence-electron chi connectivity index (χ3n) is 2.99. The maximum Gasteiger partial charge on any atom is 0.264 e. The molecule has 112 valence electrons. The number of nitrogens with zero attached hydrogens (tertiary/aromatic N) is 2. The second kappa shape index (κ2) is 6.62. The third-order valence-corrected chi connectivity index (χ3v) is 3.52.